The van der Waals surface area contributed by atoms with Crippen LogP contribution in [0, 0.1) is 13.8 Å². The van der Waals surface area contributed by atoms with Gasteiger partial charge in [-0.05, 0) is 75.9 Å². The van der Waals surface area contributed by atoms with Gasteiger partial charge in [-0.2, -0.15) is 0 Å². The average Bonchev–Trinajstić information content (AvgIpc) is 3.10. The van der Waals surface area contributed by atoms with Crippen molar-refractivity contribution in [3.63, 3.8) is 0 Å². The molecule has 1 aliphatic heterocycles. The molecule has 4 rings (SSSR count). The SMILES string of the molecule is COCC[C@H]1Cn2c(C)cc3c(-c4ccc(Cl)cc4)c([C@H](OC(C)(C)C)C(=O)O)c(C)c(c32)N1C. The van der Waals surface area contributed by atoms with E-state index in [4.69, 9.17) is 21.1 Å². The Bertz CT molecular complexity index is 1260. The van der Waals surface area contributed by atoms with Gasteiger partial charge in [0.15, 0.2) is 6.10 Å². The number of anilines is 1. The molecule has 3 aromatic rings. The molecule has 0 radical (unpaired) electrons. The Hall–Kier alpha value is -2.54. The van der Waals surface area contributed by atoms with E-state index >= 15 is 0 Å². The van der Waals surface area contributed by atoms with Gasteiger partial charge in [-0.1, -0.05) is 23.7 Å². The van der Waals surface area contributed by atoms with Crippen LogP contribution >= 0.6 is 11.6 Å². The molecule has 1 aromatic heterocycles. The second-order valence-electron chi connectivity index (χ2n) is 10.4. The number of aryl methyl sites for hydroxylation is 1. The number of aliphatic carboxylic acids is 1. The van der Waals surface area contributed by atoms with Crippen LogP contribution < -0.4 is 4.90 Å². The number of likely N-dealkylation sites (N-methyl/N-ethyl adjacent to an activating group) is 1. The van der Waals surface area contributed by atoms with Gasteiger partial charge in [0, 0.05) is 55.0 Å². The molecule has 2 aromatic carbocycles. The molecule has 0 saturated carbocycles. The number of carboxylic acids is 1. The average molecular weight is 499 g/mol. The number of hydrogen-bond donors (Lipinski definition) is 1. The van der Waals surface area contributed by atoms with Gasteiger partial charge < -0.3 is 24.0 Å². The van der Waals surface area contributed by atoms with Gasteiger partial charge in [-0.3, -0.25) is 0 Å². The number of rotatable bonds is 7. The van der Waals surface area contributed by atoms with Crippen LogP contribution in [0.5, 0.6) is 0 Å². The van der Waals surface area contributed by atoms with Crippen LogP contribution in [0.15, 0.2) is 30.3 Å². The number of carboxylic acid groups (broad SMARTS) is 1. The Kier molecular flexibility index (Phi) is 6.93. The van der Waals surface area contributed by atoms with Crippen molar-refractivity contribution >= 4 is 34.2 Å². The Morgan fingerprint density at radius 3 is 2.46 bits per heavy atom. The summed E-state index contributed by atoms with van der Waals surface area (Å²) in [6.07, 6.45) is -0.252. The number of hydrogen-bond acceptors (Lipinski definition) is 4. The lowest BCUT2D eigenvalue weighted by molar-refractivity contribution is -0.160. The van der Waals surface area contributed by atoms with Crippen molar-refractivity contribution in [2.45, 2.75) is 65.3 Å². The minimum absolute atomic E-state index is 0.233. The molecular formula is C28H35ClN2O4. The summed E-state index contributed by atoms with van der Waals surface area (Å²) in [6, 6.07) is 10.0. The molecule has 6 nitrogen and oxygen atoms in total. The van der Waals surface area contributed by atoms with Crippen molar-refractivity contribution in [1.29, 1.82) is 0 Å². The zero-order valence-corrected chi connectivity index (χ0v) is 22.4. The molecule has 0 fully saturated rings. The molecule has 2 atom stereocenters. The predicted molar refractivity (Wildman–Crippen MR) is 142 cm³/mol. The standard InChI is InChI=1S/C28H35ClN2O4/c1-16-14-21-23(18-8-10-19(29)11-9-18)22(26(27(32)33)35-28(3,4)5)17(2)24-25(21)31(16)15-20(30(24)6)12-13-34-7/h8-11,14,20,26H,12-13,15H2,1-7H3,(H,32,33)/t20-,26-/m0/s1. The quantitative estimate of drug-likeness (QED) is 0.409. The molecule has 1 aliphatic rings. The molecule has 0 amide bonds. The summed E-state index contributed by atoms with van der Waals surface area (Å²) < 4.78 is 14.0. The Morgan fingerprint density at radius 2 is 1.89 bits per heavy atom. The van der Waals surface area contributed by atoms with Crippen molar-refractivity contribution < 1.29 is 19.4 Å². The lowest BCUT2D eigenvalue weighted by atomic mass is 9.86. The van der Waals surface area contributed by atoms with Crippen LogP contribution in [-0.4, -0.2) is 48.1 Å². The van der Waals surface area contributed by atoms with Gasteiger partial charge in [-0.15, -0.1) is 0 Å². The Morgan fingerprint density at radius 1 is 1.23 bits per heavy atom. The third-order valence-electron chi connectivity index (χ3n) is 6.87. The third kappa shape index (κ3) is 4.67. The highest BCUT2D eigenvalue weighted by Gasteiger charge is 2.37. The highest BCUT2D eigenvalue weighted by atomic mass is 35.5. The maximum atomic E-state index is 12.7. The van der Waals surface area contributed by atoms with Crippen molar-refractivity contribution in [2.24, 2.45) is 0 Å². The monoisotopic (exact) mass is 498 g/mol. The van der Waals surface area contributed by atoms with E-state index < -0.39 is 17.7 Å². The summed E-state index contributed by atoms with van der Waals surface area (Å²) >= 11 is 6.21. The molecule has 0 spiro atoms. The van der Waals surface area contributed by atoms with Crippen LogP contribution in [0.25, 0.3) is 22.0 Å². The first kappa shape index (κ1) is 25.5. The minimum Gasteiger partial charge on any atom is -0.479 e. The molecule has 0 aliphatic carbocycles. The van der Waals surface area contributed by atoms with E-state index in [0.29, 0.717) is 17.2 Å². The summed E-state index contributed by atoms with van der Waals surface area (Å²) in [6.45, 7) is 11.3. The second-order valence-corrected chi connectivity index (χ2v) is 10.9. The van der Waals surface area contributed by atoms with Gasteiger partial charge in [0.05, 0.1) is 16.8 Å². The largest absolute Gasteiger partial charge is 0.479 e. The fourth-order valence-electron chi connectivity index (χ4n) is 5.32. The van der Waals surface area contributed by atoms with E-state index in [1.165, 1.54) is 0 Å². The van der Waals surface area contributed by atoms with Crippen molar-refractivity contribution in [3.05, 3.63) is 52.2 Å². The highest BCUT2D eigenvalue weighted by Crippen LogP contribution is 2.48. The first-order valence-corrected chi connectivity index (χ1v) is 12.4. The van der Waals surface area contributed by atoms with Crippen LogP contribution in [0.1, 0.15) is 50.1 Å². The van der Waals surface area contributed by atoms with Gasteiger partial charge in [0.25, 0.3) is 0 Å². The van der Waals surface area contributed by atoms with E-state index in [-0.39, 0.29) is 6.04 Å². The van der Waals surface area contributed by atoms with E-state index in [1.54, 1.807) is 7.11 Å². The third-order valence-corrected chi connectivity index (χ3v) is 7.12. The zero-order chi connectivity index (χ0) is 25.7. The summed E-state index contributed by atoms with van der Waals surface area (Å²) in [5.41, 5.74) is 6.10. The first-order chi connectivity index (χ1) is 16.4. The molecule has 188 valence electrons. The zero-order valence-electron chi connectivity index (χ0n) is 21.6. The number of halogens is 1. The molecule has 2 heterocycles. The smallest absolute Gasteiger partial charge is 0.337 e. The molecular weight excluding hydrogens is 464 g/mol. The fraction of sp³-hybridized carbons (Fsp3) is 0.464. The van der Waals surface area contributed by atoms with Crippen molar-refractivity contribution in [3.8, 4) is 11.1 Å². The Balaban J connectivity index is 2.09. The van der Waals surface area contributed by atoms with Gasteiger partial charge >= 0.3 is 5.97 Å². The van der Waals surface area contributed by atoms with Crippen LogP contribution in [0.2, 0.25) is 5.02 Å². The maximum absolute atomic E-state index is 12.7. The molecule has 0 saturated heterocycles. The number of benzene rings is 2. The second kappa shape index (κ2) is 9.49. The van der Waals surface area contributed by atoms with Crippen LogP contribution in [0.4, 0.5) is 5.69 Å². The van der Waals surface area contributed by atoms with Crippen molar-refractivity contribution in [2.75, 3.05) is 25.7 Å². The topological polar surface area (TPSA) is 63.9 Å². The number of carbonyl (C=O) groups is 1. The van der Waals surface area contributed by atoms with E-state index in [1.807, 2.05) is 52.0 Å². The molecule has 1 N–H and O–H groups in total. The molecule has 0 bridgehead atoms. The van der Waals surface area contributed by atoms with Gasteiger partial charge in [0.1, 0.15) is 0 Å². The van der Waals surface area contributed by atoms with Crippen LogP contribution in [-0.2, 0) is 20.8 Å². The normalized spacial score (nSPS) is 16.7. The van der Waals surface area contributed by atoms with Crippen LogP contribution in [0.3, 0.4) is 0 Å². The van der Waals surface area contributed by atoms with Crippen molar-refractivity contribution in [1.82, 2.24) is 4.57 Å². The highest BCUT2D eigenvalue weighted by molar-refractivity contribution is 6.30. The number of methoxy groups -OCH3 is 1. The lowest BCUT2D eigenvalue weighted by Crippen LogP contribution is -2.40. The molecule has 35 heavy (non-hydrogen) atoms. The number of nitrogens with zero attached hydrogens (tertiary/aromatic N) is 2. The molecule has 7 heteroatoms. The maximum Gasteiger partial charge on any atom is 0.337 e. The summed E-state index contributed by atoms with van der Waals surface area (Å²) in [5, 5.41) is 12.1. The summed E-state index contributed by atoms with van der Waals surface area (Å²) in [5.74, 6) is -1.00. The van der Waals surface area contributed by atoms with Gasteiger partial charge in [0.2, 0.25) is 0 Å². The van der Waals surface area contributed by atoms with Gasteiger partial charge in [-0.25, -0.2) is 4.79 Å². The summed E-state index contributed by atoms with van der Waals surface area (Å²) in [4.78, 5) is 15.0. The molecule has 0 unspecified atom stereocenters. The van der Waals surface area contributed by atoms with E-state index in [0.717, 1.165) is 51.9 Å². The van der Waals surface area contributed by atoms with E-state index in [9.17, 15) is 9.90 Å². The first-order valence-electron chi connectivity index (χ1n) is 12.0. The summed E-state index contributed by atoms with van der Waals surface area (Å²) in [7, 11) is 3.82. The minimum atomic E-state index is -1.13. The lowest BCUT2D eigenvalue weighted by Gasteiger charge is -2.39. The predicted octanol–water partition coefficient (Wildman–Crippen LogP) is 6.37. The Labute approximate surface area is 212 Å². The number of aromatic nitrogens is 1. The fourth-order valence-corrected chi connectivity index (χ4v) is 5.45. The number of ether oxygens (including phenoxy) is 2. The van der Waals surface area contributed by atoms with E-state index in [2.05, 4.69) is 29.5 Å².